The van der Waals surface area contributed by atoms with Crippen LogP contribution in [0.4, 0.5) is 27.6 Å². The molecule has 24 heavy (non-hydrogen) atoms. The fourth-order valence-corrected chi connectivity index (χ4v) is 2.26. The van der Waals surface area contributed by atoms with Crippen LogP contribution in [0.2, 0.25) is 0 Å². The zero-order valence-electron chi connectivity index (χ0n) is 12.6. The summed E-state index contributed by atoms with van der Waals surface area (Å²) in [5.74, 6) is -2.68. The highest BCUT2D eigenvalue weighted by Crippen LogP contribution is 2.32. The molecule has 0 radical (unpaired) electrons. The molecule has 0 aliphatic heterocycles. The fourth-order valence-electron chi connectivity index (χ4n) is 2.26. The molecule has 2 aromatic rings. The Hall–Kier alpha value is -2.44. The smallest absolute Gasteiger partial charge is 0.324 e. The minimum Gasteiger partial charge on any atom is -0.324 e. The Labute approximate surface area is 135 Å². The molecule has 1 unspecified atom stereocenters. The van der Waals surface area contributed by atoms with Gasteiger partial charge in [-0.3, -0.25) is 4.79 Å². The molecule has 0 aromatic heterocycles. The first-order valence-corrected chi connectivity index (χ1v) is 7.09. The number of rotatable bonds is 4. The number of carbonyl (C=O) groups is 1. The lowest BCUT2D eigenvalue weighted by Crippen LogP contribution is -2.16. The third-order valence-electron chi connectivity index (χ3n) is 3.50. The molecule has 2 nitrogen and oxygen atoms in total. The summed E-state index contributed by atoms with van der Waals surface area (Å²) in [6.45, 7) is 1.60. The van der Waals surface area contributed by atoms with Gasteiger partial charge in [0.05, 0.1) is 11.3 Å². The zero-order chi connectivity index (χ0) is 17.9. The number of benzene rings is 2. The Morgan fingerprint density at radius 1 is 1.08 bits per heavy atom. The average molecular weight is 343 g/mol. The van der Waals surface area contributed by atoms with Crippen molar-refractivity contribution in [2.75, 3.05) is 5.32 Å². The lowest BCUT2D eigenvalue weighted by molar-refractivity contribution is -0.137. The first-order valence-electron chi connectivity index (χ1n) is 7.09. The van der Waals surface area contributed by atoms with Crippen LogP contribution in [-0.2, 0) is 11.0 Å². The van der Waals surface area contributed by atoms with Crippen molar-refractivity contribution in [2.45, 2.75) is 25.4 Å². The van der Waals surface area contributed by atoms with Crippen molar-refractivity contribution in [1.29, 1.82) is 0 Å². The zero-order valence-corrected chi connectivity index (χ0v) is 12.6. The van der Waals surface area contributed by atoms with Gasteiger partial charge in [-0.05, 0) is 35.7 Å². The summed E-state index contributed by atoms with van der Waals surface area (Å²) < 4.78 is 65.2. The maximum absolute atomic E-state index is 13.6. The van der Waals surface area contributed by atoms with E-state index < -0.39 is 40.9 Å². The van der Waals surface area contributed by atoms with E-state index in [1.807, 2.05) is 0 Å². The van der Waals surface area contributed by atoms with Crippen LogP contribution in [0.5, 0.6) is 0 Å². The molecule has 0 saturated carbocycles. The van der Waals surface area contributed by atoms with E-state index in [1.165, 1.54) is 18.2 Å². The van der Waals surface area contributed by atoms with E-state index in [0.29, 0.717) is 23.8 Å². The number of amides is 1. The Kier molecular flexibility index (Phi) is 5.21. The Morgan fingerprint density at radius 3 is 2.38 bits per heavy atom. The quantitative estimate of drug-likeness (QED) is 0.768. The van der Waals surface area contributed by atoms with Crippen molar-refractivity contribution in [3.63, 3.8) is 0 Å². The predicted molar refractivity (Wildman–Crippen MR) is 79.5 cm³/mol. The van der Waals surface area contributed by atoms with Gasteiger partial charge in [-0.25, -0.2) is 8.78 Å². The number of alkyl halides is 3. The Bertz CT molecular complexity index is 742. The average Bonchev–Trinajstić information content (AvgIpc) is 2.48. The van der Waals surface area contributed by atoms with Gasteiger partial charge in [0.1, 0.15) is 11.6 Å². The van der Waals surface area contributed by atoms with Crippen LogP contribution in [0.15, 0.2) is 42.5 Å². The first-order chi connectivity index (χ1) is 11.2. The maximum Gasteiger partial charge on any atom is 0.416 e. The van der Waals surface area contributed by atoms with E-state index in [2.05, 4.69) is 5.32 Å². The van der Waals surface area contributed by atoms with Gasteiger partial charge in [0.15, 0.2) is 0 Å². The molecule has 0 aliphatic rings. The summed E-state index contributed by atoms with van der Waals surface area (Å²) in [5, 5.41) is 2.11. The van der Waals surface area contributed by atoms with Gasteiger partial charge in [-0.1, -0.05) is 25.1 Å². The summed E-state index contributed by atoms with van der Waals surface area (Å²) in [6, 6.07) is 7.63. The van der Waals surface area contributed by atoms with E-state index in [4.69, 9.17) is 0 Å². The molecule has 2 rings (SSSR count). The van der Waals surface area contributed by atoms with Gasteiger partial charge in [0.2, 0.25) is 5.91 Å². The van der Waals surface area contributed by atoms with Gasteiger partial charge in [-0.15, -0.1) is 0 Å². The molecule has 0 aliphatic carbocycles. The predicted octanol–water partition coefficient (Wildman–Crippen LogP) is 5.12. The summed E-state index contributed by atoms with van der Waals surface area (Å²) in [5.41, 5.74) is -1.32. The largest absolute Gasteiger partial charge is 0.416 e. The monoisotopic (exact) mass is 343 g/mol. The second-order valence-electron chi connectivity index (χ2n) is 5.37. The van der Waals surface area contributed by atoms with E-state index in [9.17, 15) is 26.7 Å². The molecular formula is C17H14F5NO. The van der Waals surface area contributed by atoms with Crippen LogP contribution in [0.1, 0.15) is 30.4 Å². The third-order valence-corrected chi connectivity index (χ3v) is 3.50. The van der Waals surface area contributed by atoms with E-state index in [0.717, 1.165) is 0 Å². The Balaban J connectivity index is 2.11. The SMILES string of the molecule is CC(CC(=O)Nc1cc(C(F)(F)F)ccc1F)c1ccccc1F. The molecular weight excluding hydrogens is 329 g/mol. The molecule has 1 amide bonds. The van der Waals surface area contributed by atoms with Crippen molar-refractivity contribution in [1.82, 2.24) is 0 Å². The number of hydrogen-bond donors (Lipinski definition) is 1. The molecule has 0 fully saturated rings. The van der Waals surface area contributed by atoms with E-state index in [-0.39, 0.29) is 6.42 Å². The number of halogens is 5. The molecule has 128 valence electrons. The fraction of sp³-hybridized carbons (Fsp3) is 0.235. The molecule has 0 heterocycles. The summed E-state index contributed by atoms with van der Waals surface area (Å²) in [7, 11) is 0. The van der Waals surface area contributed by atoms with Crippen LogP contribution in [0.3, 0.4) is 0 Å². The number of anilines is 1. The third kappa shape index (κ3) is 4.31. The molecule has 1 atom stereocenters. The molecule has 0 bridgehead atoms. The van der Waals surface area contributed by atoms with Crippen LogP contribution >= 0.6 is 0 Å². The second kappa shape index (κ2) is 6.98. The van der Waals surface area contributed by atoms with Gasteiger partial charge in [-0.2, -0.15) is 13.2 Å². The highest BCUT2D eigenvalue weighted by Gasteiger charge is 2.31. The van der Waals surface area contributed by atoms with Gasteiger partial charge < -0.3 is 5.32 Å². The van der Waals surface area contributed by atoms with Gasteiger partial charge in [0, 0.05) is 6.42 Å². The standard InChI is InChI=1S/C17H14F5NO/c1-10(12-4-2-3-5-13(12)18)8-16(24)23-15-9-11(17(20,21)22)6-7-14(15)19/h2-7,9-10H,8H2,1H3,(H,23,24). The number of nitrogens with one attached hydrogen (secondary N) is 1. The lowest BCUT2D eigenvalue weighted by Gasteiger charge is -2.14. The highest BCUT2D eigenvalue weighted by molar-refractivity contribution is 5.91. The minimum atomic E-state index is -4.65. The van der Waals surface area contributed by atoms with Crippen LogP contribution in [0.25, 0.3) is 0 Å². The van der Waals surface area contributed by atoms with E-state index >= 15 is 0 Å². The lowest BCUT2D eigenvalue weighted by atomic mass is 9.97. The molecule has 0 spiro atoms. The summed E-state index contributed by atoms with van der Waals surface area (Å²) >= 11 is 0. The van der Waals surface area contributed by atoms with Gasteiger partial charge >= 0.3 is 6.18 Å². The normalized spacial score (nSPS) is 12.8. The van der Waals surface area contributed by atoms with Crippen molar-refractivity contribution < 1.29 is 26.7 Å². The molecule has 7 heteroatoms. The second-order valence-corrected chi connectivity index (χ2v) is 5.37. The van der Waals surface area contributed by atoms with Crippen molar-refractivity contribution in [3.05, 3.63) is 65.2 Å². The van der Waals surface area contributed by atoms with Crippen molar-refractivity contribution >= 4 is 11.6 Å². The summed E-state index contributed by atoms with van der Waals surface area (Å²) in [6.07, 6.45) is -4.84. The minimum absolute atomic E-state index is 0.198. The molecule has 0 saturated heterocycles. The van der Waals surface area contributed by atoms with Crippen molar-refractivity contribution in [3.8, 4) is 0 Å². The molecule has 1 N–H and O–H groups in total. The van der Waals surface area contributed by atoms with E-state index in [1.54, 1.807) is 13.0 Å². The topological polar surface area (TPSA) is 29.1 Å². The van der Waals surface area contributed by atoms with Crippen molar-refractivity contribution in [2.24, 2.45) is 0 Å². The van der Waals surface area contributed by atoms with Crippen LogP contribution < -0.4 is 5.32 Å². The number of carbonyl (C=O) groups excluding carboxylic acids is 1. The maximum atomic E-state index is 13.6. The van der Waals surface area contributed by atoms with Crippen LogP contribution in [-0.4, -0.2) is 5.91 Å². The number of hydrogen-bond acceptors (Lipinski definition) is 1. The summed E-state index contributed by atoms with van der Waals surface area (Å²) in [4.78, 5) is 11.9. The first kappa shape index (κ1) is 17.9. The molecule has 2 aromatic carbocycles. The van der Waals surface area contributed by atoms with Gasteiger partial charge in [0.25, 0.3) is 0 Å². The Morgan fingerprint density at radius 2 is 1.75 bits per heavy atom. The highest BCUT2D eigenvalue weighted by atomic mass is 19.4. The van der Waals surface area contributed by atoms with Crippen LogP contribution in [0, 0.1) is 11.6 Å².